The lowest BCUT2D eigenvalue weighted by molar-refractivity contribution is -0.118. The number of furan rings is 1. The lowest BCUT2D eigenvalue weighted by Gasteiger charge is -2.22. The number of benzene rings is 1. The average Bonchev–Trinajstić information content (AvgIpc) is 3.08. The summed E-state index contributed by atoms with van der Waals surface area (Å²) in [5, 5.41) is 5.86. The van der Waals surface area contributed by atoms with Crippen LogP contribution in [0.25, 0.3) is 6.08 Å². The molecule has 2 N–H and O–H groups in total. The second-order valence-corrected chi connectivity index (χ2v) is 8.10. The van der Waals surface area contributed by atoms with Gasteiger partial charge >= 0.3 is 0 Å². The van der Waals surface area contributed by atoms with Gasteiger partial charge in [-0.1, -0.05) is 50.3 Å². The van der Waals surface area contributed by atoms with Gasteiger partial charge in [0.15, 0.2) is 3.77 Å². The Morgan fingerprint density at radius 3 is 2.29 bits per heavy atom. The lowest BCUT2D eigenvalue weighted by Crippen LogP contribution is -2.40. The summed E-state index contributed by atoms with van der Waals surface area (Å²) in [5.74, 6) is -0.0669. The van der Waals surface area contributed by atoms with Crippen LogP contribution in [0.2, 0.25) is 0 Å². The van der Waals surface area contributed by atoms with Gasteiger partial charge in [-0.3, -0.25) is 9.59 Å². The molecule has 0 bridgehead atoms. The molecule has 3 rings (SSSR count). The van der Waals surface area contributed by atoms with Crippen LogP contribution in [0.1, 0.15) is 61.1 Å². The van der Waals surface area contributed by atoms with Gasteiger partial charge in [-0.25, -0.2) is 0 Å². The van der Waals surface area contributed by atoms with E-state index in [0.717, 1.165) is 29.5 Å². The number of hydrogen-bond donors (Lipinski definition) is 2. The summed E-state index contributed by atoms with van der Waals surface area (Å²) in [7, 11) is 0. The summed E-state index contributed by atoms with van der Waals surface area (Å²) >= 11 is 2.07. The fourth-order valence-corrected chi connectivity index (χ4v) is 3.79. The number of halogens is 1. The molecule has 1 aliphatic carbocycles. The zero-order valence-corrected chi connectivity index (χ0v) is 17.9. The van der Waals surface area contributed by atoms with Crippen LogP contribution in [0.3, 0.4) is 0 Å². The Morgan fingerprint density at radius 1 is 0.964 bits per heavy atom. The molecule has 1 fully saturated rings. The van der Waals surface area contributed by atoms with E-state index >= 15 is 0 Å². The van der Waals surface area contributed by atoms with Crippen LogP contribution in [-0.2, 0) is 4.79 Å². The van der Waals surface area contributed by atoms with Crippen LogP contribution >= 0.6 is 22.6 Å². The molecule has 148 valence electrons. The van der Waals surface area contributed by atoms with Gasteiger partial charge in [-0.2, -0.15) is 0 Å². The maximum atomic E-state index is 12.9. The molecule has 0 radical (unpaired) electrons. The monoisotopic (exact) mass is 492 g/mol. The van der Waals surface area contributed by atoms with Crippen LogP contribution in [0.4, 0.5) is 0 Å². The Bertz CT molecular complexity index is 821. The maximum Gasteiger partial charge on any atom is 0.268 e. The first-order valence-corrected chi connectivity index (χ1v) is 10.8. The highest BCUT2D eigenvalue weighted by atomic mass is 127. The number of carbonyl (C=O) groups is 2. The minimum absolute atomic E-state index is 0.140. The van der Waals surface area contributed by atoms with Crippen molar-refractivity contribution < 1.29 is 14.0 Å². The zero-order chi connectivity index (χ0) is 19.8. The predicted molar refractivity (Wildman–Crippen MR) is 118 cm³/mol. The Kier molecular flexibility index (Phi) is 7.71. The fraction of sp³-hybridized carbons (Fsp3) is 0.364. The van der Waals surface area contributed by atoms with E-state index in [1.807, 2.05) is 12.1 Å². The molecular formula is C22H25IN2O3. The van der Waals surface area contributed by atoms with E-state index in [4.69, 9.17) is 4.42 Å². The molecule has 28 heavy (non-hydrogen) atoms. The number of rotatable bonds is 5. The smallest absolute Gasteiger partial charge is 0.268 e. The normalized spacial score (nSPS) is 16.1. The Hall–Kier alpha value is -2.09. The first-order chi connectivity index (χ1) is 13.6. The third kappa shape index (κ3) is 6.22. The predicted octanol–water partition coefficient (Wildman–Crippen LogP) is 4.88. The third-order valence-electron chi connectivity index (χ3n) is 4.85. The summed E-state index contributed by atoms with van der Waals surface area (Å²) in [6, 6.07) is 12.6. The van der Waals surface area contributed by atoms with E-state index in [1.165, 1.54) is 19.3 Å². The molecule has 6 heteroatoms. The number of amides is 2. The number of nitrogens with one attached hydrogen (secondary N) is 2. The van der Waals surface area contributed by atoms with Gasteiger partial charge in [0.25, 0.3) is 11.8 Å². The topological polar surface area (TPSA) is 71.3 Å². The van der Waals surface area contributed by atoms with Crippen molar-refractivity contribution >= 4 is 40.5 Å². The molecule has 1 aliphatic rings. The molecule has 0 atom stereocenters. The molecule has 2 aromatic rings. The minimum Gasteiger partial charge on any atom is -0.451 e. The molecule has 0 saturated heterocycles. The van der Waals surface area contributed by atoms with Crippen molar-refractivity contribution in [3.8, 4) is 0 Å². The standard InChI is InChI=1S/C22H25IN2O3/c23-20-14-13-18(28-20)15-19(25-21(26)16-9-5-4-6-10-16)22(27)24-17-11-7-2-1-3-8-12-17/h4-6,9-10,13-15,17H,1-3,7-8,11-12H2,(H,24,27)(H,25,26)/b19-15+. The van der Waals surface area contributed by atoms with E-state index in [9.17, 15) is 9.59 Å². The second-order valence-electron chi connectivity index (χ2n) is 7.04. The second kappa shape index (κ2) is 10.5. The van der Waals surface area contributed by atoms with Crippen LogP contribution in [-0.4, -0.2) is 17.9 Å². The quantitative estimate of drug-likeness (QED) is 0.462. The highest BCUT2D eigenvalue weighted by Gasteiger charge is 2.19. The van der Waals surface area contributed by atoms with Crippen molar-refractivity contribution in [3.05, 3.63) is 63.3 Å². The average molecular weight is 492 g/mol. The van der Waals surface area contributed by atoms with Gasteiger partial charge in [-0.05, 0) is 59.7 Å². The van der Waals surface area contributed by atoms with Crippen molar-refractivity contribution in [1.29, 1.82) is 0 Å². The Labute approximate surface area is 179 Å². The van der Waals surface area contributed by atoms with Crippen molar-refractivity contribution in [2.24, 2.45) is 0 Å². The van der Waals surface area contributed by atoms with Crippen molar-refractivity contribution in [2.45, 2.75) is 51.0 Å². The Balaban J connectivity index is 1.76. The van der Waals surface area contributed by atoms with Gasteiger partial charge in [-0.15, -0.1) is 0 Å². The van der Waals surface area contributed by atoms with Gasteiger partial charge in [0.1, 0.15) is 11.5 Å². The van der Waals surface area contributed by atoms with Crippen LogP contribution in [0.5, 0.6) is 0 Å². The van der Waals surface area contributed by atoms with E-state index in [1.54, 1.807) is 36.4 Å². The zero-order valence-electron chi connectivity index (χ0n) is 15.7. The van der Waals surface area contributed by atoms with Gasteiger partial charge in [0.2, 0.25) is 0 Å². The molecule has 2 amide bonds. The molecule has 1 saturated carbocycles. The first-order valence-electron chi connectivity index (χ1n) is 9.76. The molecule has 0 unspecified atom stereocenters. The summed E-state index contributed by atoms with van der Waals surface area (Å²) in [6.07, 6.45) is 9.48. The third-order valence-corrected chi connectivity index (χ3v) is 5.43. The molecule has 5 nitrogen and oxygen atoms in total. The largest absolute Gasteiger partial charge is 0.451 e. The molecule has 1 heterocycles. The molecule has 0 aliphatic heterocycles. The molecule has 1 aromatic carbocycles. The van der Waals surface area contributed by atoms with E-state index in [2.05, 4.69) is 33.2 Å². The van der Waals surface area contributed by atoms with Crippen molar-refractivity contribution in [1.82, 2.24) is 10.6 Å². The minimum atomic E-state index is -0.319. The summed E-state index contributed by atoms with van der Waals surface area (Å²) in [4.78, 5) is 25.5. The molecule has 0 spiro atoms. The molecular weight excluding hydrogens is 467 g/mol. The van der Waals surface area contributed by atoms with Crippen LogP contribution in [0, 0.1) is 3.77 Å². The summed E-state index contributed by atoms with van der Waals surface area (Å²) < 4.78 is 6.28. The Morgan fingerprint density at radius 2 is 1.64 bits per heavy atom. The van der Waals surface area contributed by atoms with E-state index < -0.39 is 0 Å². The van der Waals surface area contributed by atoms with Gasteiger partial charge in [0, 0.05) is 17.7 Å². The summed E-state index contributed by atoms with van der Waals surface area (Å²) in [6.45, 7) is 0. The van der Waals surface area contributed by atoms with E-state index in [0.29, 0.717) is 11.3 Å². The van der Waals surface area contributed by atoms with Crippen LogP contribution < -0.4 is 10.6 Å². The number of carbonyl (C=O) groups excluding carboxylic acids is 2. The maximum absolute atomic E-state index is 12.9. The number of hydrogen-bond acceptors (Lipinski definition) is 3. The highest BCUT2D eigenvalue weighted by molar-refractivity contribution is 14.1. The van der Waals surface area contributed by atoms with Gasteiger partial charge < -0.3 is 15.1 Å². The SMILES string of the molecule is O=C(NC1CCCCCCC1)/C(=C\c1ccc(I)o1)NC(=O)c1ccccc1. The lowest BCUT2D eigenvalue weighted by atomic mass is 9.96. The first kappa shape index (κ1) is 20.6. The van der Waals surface area contributed by atoms with Crippen LogP contribution in [0.15, 0.2) is 52.6 Å². The molecule has 1 aromatic heterocycles. The summed E-state index contributed by atoms with van der Waals surface area (Å²) in [5.41, 5.74) is 0.697. The van der Waals surface area contributed by atoms with Gasteiger partial charge in [0.05, 0.1) is 0 Å². The highest BCUT2D eigenvalue weighted by Crippen LogP contribution is 2.18. The van der Waals surface area contributed by atoms with Crippen molar-refractivity contribution in [2.75, 3.05) is 0 Å². The van der Waals surface area contributed by atoms with E-state index in [-0.39, 0.29) is 23.6 Å². The van der Waals surface area contributed by atoms with Crippen molar-refractivity contribution in [3.63, 3.8) is 0 Å². The fourth-order valence-electron chi connectivity index (χ4n) is 3.35.